The second-order valence-corrected chi connectivity index (χ2v) is 4.55. The molecule has 0 saturated heterocycles. The Morgan fingerprint density at radius 3 is 2.00 bits per heavy atom. The third-order valence-electron chi connectivity index (χ3n) is 2.04. The van der Waals surface area contributed by atoms with Gasteiger partial charge in [0.1, 0.15) is 11.1 Å². The van der Waals surface area contributed by atoms with Crippen LogP contribution < -0.4 is 0 Å². The number of halogens is 4. The number of benzene rings is 1. The molecule has 0 aliphatic carbocycles. The number of rotatable bonds is 2. The van der Waals surface area contributed by atoms with E-state index >= 15 is 0 Å². The lowest BCUT2D eigenvalue weighted by Gasteiger charge is -2.05. The van der Waals surface area contributed by atoms with Gasteiger partial charge in [0.15, 0.2) is 28.4 Å². The molecule has 1 aromatic carbocycles. The van der Waals surface area contributed by atoms with Crippen LogP contribution in [0.4, 0.5) is 17.6 Å². The van der Waals surface area contributed by atoms with Gasteiger partial charge in [-0.25, -0.2) is 22.4 Å². The number of aromatic carboxylic acids is 1. The highest BCUT2D eigenvalue weighted by molar-refractivity contribution is 8.13. The number of thioether (sulfide) groups is 1. The van der Waals surface area contributed by atoms with E-state index in [0.717, 1.165) is 11.8 Å². The van der Waals surface area contributed by atoms with Crippen molar-refractivity contribution in [2.75, 3.05) is 5.75 Å². The maximum atomic E-state index is 13.4. The zero-order valence-electron chi connectivity index (χ0n) is 9.89. The summed E-state index contributed by atoms with van der Waals surface area (Å²) in [6.07, 6.45) is 0. The third-order valence-corrected chi connectivity index (χ3v) is 2.73. The van der Waals surface area contributed by atoms with Crippen molar-refractivity contribution in [2.45, 2.75) is 6.92 Å². The Bertz CT molecular complexity index is 617. The molecular formula is C12H6F4O3S. The second kappa shape index (κ2) is 6.43. The largest absolute Gasteiger partial charge is 0.477 e. The number of carbonyl (C=O) groups excluding carboxylic acids is 1. The molecule has 0 bridgehead atoms. The molecule has 0 saturated carbocycles. The molecule has 0 atom stereocenters. The lowest BCUT2D eigenvalue weighted by Crippen LogP contribution is -2.11. The lowest BCUT2D eigenvalue weighted by molar-refractivity contribution is -0.109. The molecule has 0 amide bonds. The van der Waals surface area contributed by atoms with Crippen LogP contribution in [0, 0.1) is 35.1 Å². The van der Waals surface area contributed by atoms with Crippen LogP contribution >= 0.6 is 11.8 Å². The van der Waals surface area contributed by atoms with Gasteiger partial charge in [-0.15, -0.1) is 0 Å². The van der Waals surface area contributed by atoms with Crippen molar-refractivity contribution in [1.29, 1.82) is 0 Å². The van der Waals surface area contributed by atoms with E-state index in [1.165, 1.54) is 6.92 Å². The fourth-order valence-corrected chi connectivity index (χ4v) is 1.54. The molecule has 0 radical (unpaired) electrons. The standard InChI is InChI=1S/C12H6F4O3S/c1-5(17)20-4-2-3-6-8(13)10(15)7(12(18)19)11(16)9(6)14/h4H2,1H3,(H,18,19). The Balaban J connectivity index is 3.29. The first kappa shape index (κ1) is 16.0. The average Bonchev–Trinajstić information content (AvgIpc) is 2.35. The monoisotopic (exact) mass is 306 g/mol. The van der Waals surface area contributed by atoms with Gasteiger partial charge in [-0.1, -0.05) is 23.6 Å². The van der Waals surface area contributed by atoms with Crippen LogP contribution in [0.25, 0.3) is 0 Å². The van der Waals surface area contributed by atoms with E-state index in [-0.39, 0.29) is 10.9 Å². The van der Waals surface area contributed by atoms with Crippen LogP contribution in [0.1, 0.15) is 22.8 Å². The van der Waals surface area contributed by atoms with Crippen molar-refractivity contribution in [1.82, 2.24) is 0 Å². The SMILES string of the molecule is CC(=O)SCC#Cc1c(F)c(F)c(C(=O)O)c(F)c1F. The lowest BCUT2D eigenvalue weighted by atomic mass is 10.1. The summed E-state index contributed by atoms with van der Waals surface area (Å²) in [6, 6.07) is 0. The number of hydrogen-bond acceptors (Lipinski definition) is 3. The van der Waals surface area contributed by atoms with E-state index in [2.05, 4.69) is 5.92 Å². The first-order valence-electron chi connectivity index (χ1n) is 4.98. The van der Waals surface area contributed by atoms with E-state index in [1.807, 2.05) is 5.92 Å². The Kier molecular flexibility index (Phi) is 5.16. The van der Waals surface area contributed by atoms with Gasteiger partial charge in [-0.2, -0.15) is 0 Å². The minimum Gasteiger partial charge on any atom is -0.477 e. The predicted octanol–water partition coefficient (Wildman–Crippen LogP) is 2.57. The first-order valence-corrected chi connectivity index (χ1v) is 5.97. The predicted molar refractivity (Wildman–Crippen MR) is 63.3 cm³/mol. The summed E-state index contributed by atoms with van der Waals surface area (Å²) in [5, 5.41) is 8.18. The molecule has 20 heavy (non-hydrogen) atoms. The zero-order valence-corrected chi connectivity index (χ0v) is 10.7. The van der Waals surface area contributed by atoms with Gasteiger partial charge < -0.3 is 5.11 Å². The van der Waals surface area contributed by atoms with E-state index < -0.39 is 40.4 Å². The molecule has 0 heterocycles. The van der Waals surface area contributed by atoms with Crippen LogP contribution in [-0.4, -0.2) is 21.9 Å². The molecule has 1 rings (SSSR count). The fraction of sp³-hybridized carbons (Fsp3) is 0.167. The summed E-state index contributed by atoms with van der Waals surface area (Å²) in [7, 11) is 0. The number of carboxylic acid groups (broad SMARTS) is 1. The van der Waals surface area contributed by atoms with Crippen molar-refractivity contribution in [3.05, 3.63) is 34.4 Å². The molecule has 1 aromatic rings. The van der Waals surface area contributed by atoms with Gasteiger partial charge in [0.25, 0.3) is 0 Å². The third kappa shape index (κ3) is 3.30. The summed E-state index contributed by atoms with van der Waals surface area (Å²) in [6.45, 7) is 1.24. The highest BCUT2D eigenvalue weighted by Gasteiger charge is 2.28. The van der Waals surface area contributed by atoms with Crippen molar-refractivity contribution >= 4 is 22.8 Å². The van der Waals surface area contributed by atoms with Crippen molar-refractivity contribution < 1.29 is 32.3 Å². The molecule has 0 fully saturated rings. The highest BCUT2D eigenvalue weighted by Crippen LogP contribution is 2.23. The van der Waals surface area contributed by atoms with Crippen LogP contribution in [0.2, 0.25) is 0 Å². The maximum Gasteiger partial charge on any atom is 0.341 e. The second-order valence-electron chi connectivity index (χ2n) is 3.39. The van der Waals surface area contributed by atoms with Gasteiger partial charge in [-0.3, -0.25) is 4.79 Å². The molecule has 1 N–H and O–H groups in total. The first-order chi connectivity index (χ1) is 9.27. The summed E-state index contributed by atoms with van der Waals surface area (Å²) >= 11 is 0.740. The van der Waals surface area contributed by atoms with Gasteiger partial charge in [0.2, 0.25) is 0 Å². The van der Waals surface area contributed by atoms with E-state index in [4.69, 9.17) is 5.11 Å². The van der Waals surface area contributed by atoms with Crippen LogP contribution in [-0.2, 0) is 4.79 Å². The molecule has 3 nitrogen and oxygen atoms in total. The quantitative estimate of drug-likeness (QED) is 0.518. The average molecular weight is 306 g/mol. The fourth-order valence-electron chi connectivity index (χ4n) is 1.19. The molecule has 0 aliphatic heterocycles. The van der Waals surface area contributed by atoms with Crippen LogP contribution in [0.5, 0.6) is 0 Å². The van der Waals surface area contributed by atoms with Gasteiger partial charge in [0, 0.05) is 6.92 Å². The van der Waals surface area contributed by atoms with Gasteiger partial charge in [-0.05, 0) is 0 Å². The zero-order chi connectivity index (χ0) is 15.4. The van der Waals surface area contributed by atoms with Crippen LogP contribution in [0.3, 0.4) is 0 Å². The van der Waals surface area contributed by atoms with E-state index in [9.17, 15) is 27.2 Å². The molecule has 0 spiro atoms. The minimum atomic E-state index is -2.13. The molecular weight excluding hydrogens is 300 g/mol. The topological polar surface area (TPSA) is 54.4 Å². The number of carbonyl (C=O) groups is 2. The normalized spacial score (nSPS) is 9.85. The molecule has 0 unspecified atom stereocenters. The van der Waals surface area contributed by atoms with Gasteiger partial charge in [0.05, 0.1) is 5.75 Å². The van der Waals surface area contributed by atoms with Crippen molar-refractivity contribution in [3.63, 3.8) is 0 Å². The van der Waals surface area contributed by atoms with Crippen molar-refractivity contribution in [3.8, 4) is 11.8 Å². The molecule has 0 aromatic heterocycles. The minimum absolute atomic E-state index is 0.127. The molecule has 8 heteroatoms. The van der Waals surface area contributed by atoms with Crippen LogP contribution in [0.15, 0.2) is 0 Å². The molecule has 0 aliphatic rings. The Morgan fingerprint density at radius 1 is 1.10 bits per heavy atom. The Labute approximate surface area is 115 Å². The molecule has 106 valence electrons. The number of hydrogen-bond donors (Lipinski definition) is 1. The highest BCUT2D eigenvalue weighted by atomic mass is 32.2. The number of carboxylic acids is 1. The van der Waals surface area contributed by atoms with E-state index in [0.29, 0.717) is 0 Å². The summed E-state index contributed by atoms with van der Waals surface area (Å²) < 4.78 is 53.5. The summed E-state index contributed by atoms with van der Waals surface area (Å²) in [5.41, 5.74) is -2.93. The summed E-state index contributed by atoms with van der Waals surface area (Å²) in [4.78, 5) is 21.1. The smallest absolute Gasteiger partial charge is 0.341 e. The Hall–Kier alpha value is -2.01. The van der Waals surface area contributed by atoms with Gasteiger partial charge >= 0.3 is 5.97 Å². The van der Waals surface area contributed by atoms with E-state index in [1.54, 1.807) is 0 Å². The maximum absolute atomic E-state index is 13.4. The summed E-state index contributed by atoms with van der Waals surface area (Å²) in [5.74, 6) is -6.10. The Morgan fingerprint density at radius 2 is 1.60 bits per heavy atom. The van der Waals surface area contributed by atoms with Crippen molar-refractivity contribution in [2.24, 2.45) is 0 Å².